The molecule has 2 atom stereocenters. The quantitative estimate of drug-likeness (QED) is 0.466. The van der Waals surface area contributed by atoms with Crippen LogP contribution in [0.3, 0.4) is 0 Å². The van der Waals surface area contributed by atoms with Gasteiger partial charge < -0.3 is 4.74 Å². The summed E-state index contributed by atoms with van der Waals surface area (Å²) in [4.78, 5) is 16.8. The number of carbonyl (C=O) groups excluding carboxylic acids is 1. The zero-order chi connectivity index (χ0) is 22.5. The van der Waals surface area contributed by atoms with E-state index in [0.717, 1.165) is 5.70 Å². The highest BCUT2D eigenvalue weighted by Gasteiger charge is 2.48. The largest absolute Gasteiger partial charge is 0.389 e. The molecule has 2 unspecified atom stereocenters. The Hall–Kier alpha value is -1.30. The van der Waals surface area contributed by atoms with Crippen LogP contribution in [0.15, 0.2) is 16.8 Å². The number of halogens is 3. The maximum atomic E-state index is 13.3. The lowest BCUT2D eigenvalue weighted by Gasteiger charge is -2.40. The van der Waals surface area contributed by atoms with Gasteiger partial charge in [0.05, 0.1) is 0 Å². The van der Waals surface area contributed by atoms with Gasteiger partial charge in [-0.2, -0.15) is 13.2 Å². The second-order valence-electron chi connectivity index (χ2n) is 8.40. The van der Waals surface area contributed by atoms with Crippen molar-refractivity contribution in [3.63, 3.8) is 0 Å². The van der Waals surface area contributed by atoms with E-state index in [4.69, 9.17) is 9.94 Å². The van der Waals surface area contributed by atoms with Crippen molar-refractivity contribution in [1.82, 2.24) is 9.79 Å². The molecule has 0 aromatic heterocycles. The number of hydrogen-bond acceptors (Lipinski definition) is 5. The van der Waals surface area contributed by atoms with E-state index in [-0.39, 0.29) is 31.1 Å². The number of nitrogens with zero attached hydrogens (tertiary/aromatic N) is 2. The van der Waals surface area contributed by atoms with E-state index in [1.54, 1.807) is 16.0 Å². The molecule has 0 radical (unpaired) electrons. The van der Waals surface area contributed by atoms with Gasteiger partial charge in [-0.05, 0) is 50.9 Å². The van der Waals surface area contributed by atoms with Gasteiger partial charge in [0.1, 0.15) is 15.7 Å². The standard InChI is InChI=1S/C20H30F3N3O4S/c21-20(22,23)7-4-15-2-1-3-17(24-14-15)16-5-10-26(11-6-16)31(29)19(18(27)25-28)8-12-30-13-9-19/h3,14-16,28H,1-2,4-13H2,(H,25,27). The number of allylic oxidation sites excluding steroid dienone is 2. The van der Waals surface area contributed by atoms with Gasteiger partial charge in [-0.3, -0.25) is 15.0 Å². The van der Waals surface area contributed by atoms with Crippen LogP contribution < -0.4 is 5.48 Å². The molecule has 3 heterocycles. The smallest absolute Gasteiger partial charge is 0.381 e. The van der Waals surface area contributed by atoms with Crippen LogP contribution in [-0.4, -0.2) is 63.1 Å². The predicted octanol–water partition coefficient (Wildman–Crippen LogP) is 3.12. The third kappa shape index (κ3) is 6.15. The summed E-state index contributed by atoms with van der Waals surface area (Å²) in [5.41, 5.74) is 2.57. The SMILES string of the molecule is O=C(NO)C1(S(=O)N2CCC(C3=CCCC(CCC(F)(F)F)C=N3)CC2)CCOCC1. The molecule has 2 N–H and O–H groups in total. The summed E-state index contributed by atoms with van der Waals surface area (Å²) in [6.45, 7) is 1.66. The van der Waals surface area contributed by atoms with E-state index in [2.05, 4.69) is 4.99 Å². The van der Waals surface area contributed by atoms with Crippen molar-refractivity contribution in [1.29, 1.82) is 0 Å². The summed E-state index contributed by atoms with van der Waals surface area (Å²) in [5.74, 6) is -0.659. The number of hydrogen-bond donors (Lipinski definition) is 2. The van der Waals surface area contributed by atoms with Crippen molar-refractivity contribution >= 4 is 23.1 Å². The van der Waals surface area contributed by atoms with Gasteiger partial charge in [-0.1, -0.05) is 6.08 Å². The topological polar surface area (TPSA) is 91.2 Å². The van der Waals surface area contributed by atoms with Gasteiger partial charge in [0, 0.05) is 50.6 Å². The summed E-state index contributed by atoms with van der Waals surface area (Å²) >= 11 is 0. The van der Waals surface area contributed by atoms with Crippen molar-refractivity contribution in [2.45, 2.75) is 62.3 Å². The van der Waals surface area contributed by atoms with Crippen LogP contribution >= 0.6 is 0 Å². The van der Waals surface area contributed by atoms with Crippen molar-refractivity contribution in [2.24, 2.45) is 16.8 Å². The van der Waals surface area contributed by atoms with Crippen molar-refractivity contribution in [3.05, 3.63) is 11.8 Å². The lowest BCUT2D eigenvalue weighted by atomic mass is 9.94. The number of amides is 1. The first kappa shape index (κ1) is 24.3. The van der Waals surface area contributed by atoms with Crippen LogP contribution in [-0.2, 0) is 20.5 Å². The van der Waals surface area contributed by atoms with Crippen molar-refractivity contribution in [2.75, 3.05) is 26.3 Å². The van der Waals surface area contributed by atoms with Crippen LogP contribution in [0.5, 0.6) is 0 Å². The van der Waals surface area contributed by atoms with E-state index in [0.29, 0.717) is 52.0 Å². The Morgan fingerprint density at radius 3 is 2.58 bits per heavy atom. The molecule has 3 rings (SSSR count). The van der Waals surface area contributed by atoms with Gasteiger partial charge in [0.15, 0.2) is 0 Å². The fourth-order valence-corrected chi connectivity index (χ4v) is 6.21. The first-order chi connectivity index (χ1) is 14.7. The van der Waals surface area contributed by atoms with Crippen molar-refractivity contribution < 1.29 is 32.1 Å². The van der Waals surface area contributed by atoms with Crippen LogP contribution in [0.25, 0.3) is 0 Å². The van der Waals surface area contributed by atoms with E-state index < -0.39 is 34.2 Å². The average molecular weight is 466 g/mol. The summed E-state index contributed by atoms with van der Waals surface area (Å²) in [6, 6.07) is 0. The zero-order valence-corrected chi connectivity index (χ0v) is 18.2. The number of hydroxylamine groups is 1. The van der Waals surface area contributed by atoms with Crippen LogP contribution in [0.4, 0.5) is 13.2 Å². The fraction of sp³-hybridized carbons (Fsp3) is 0.800. The molecule has 0 bridgehead atoms. The number of carbonyl (C=O) groups is 1. The molecule has 176 valence electrons. The second-order valence-corrected chi connectivity index (χ2v) is 10.2. The molecule has 11 heteroatoms. The van der Waals surface area contributed by atoms with E-state index in [1.165, 1.54) is 0 Å². The average Bonchev–Trinajstić information content (AvgIpc) is 3.02. The third-order valence-electron chi connectivity index (χ3n) is 6.38. The zero-order valence-electron chi connectivity index (χ0n) is 17.4. The molecule has 0 aromatic carbocycles. The Morgan fingerprint density at radius 1 is 1.29 bits per heavy atom. The second kappa shape index (κ2) is 10.5. The minimum Gasteiger partial charge on any atom is -0.381 e. The van der Waals surface area contributed by atoms with E-state index in [9.17, 15) is 22.2 Å². The molecule has 3 aliphatic heterocycles. The highest BCUT2D eigenvalue weighted by Crippen LogP contribution is 2.35. The first-order valence-electron chi connectivity index (χ1n) is 10.8. The highest BCUT2D eigenvalue weighted by atomic mass is 32.2. The number of rotatable bonds is 6. The molecule has 31 heavy (non-hydrogen) atoms. The third-order valence-corrected chi connectivity index (χ3v) is 8.48. The molecular weight excluding hydrogens is 435 g/mol. The normalized spacial score (nSPS) is 26.7. The van der Waals surface area contributed by atoms with Gasteiger partial charge in [-0.25, -0.2) is 14.0 Å². The Labute approximate surface area is 182 Å². The Kier molecular flexibility index (Phi) is 8.28. The molecular formula is C20H30F3N3O4S. The summed E-state index contributed by atoms with van der Waals surface area (Å²) in [7, 11) is -1.60. The lowest BCUT2D eigenvalue weighted by Crippen LogP contribution is -2.57. The van der Waals surface area contributed by atoms with Gasteiger partial charge in [0.2, 0.25) is 0 Å². The van der Waals surface area contributed by atoms with Gasteiger partial charge in [0.25, 0.3) is 5.91 Å². The monoisotopic (exact) mass is 465 g/mol. The fourth-order valence-electron chi connectivity index (χ4n) is 4.45. The van der Waals surface area contributed by atoms with Crippen molar-refractivity contribution in [3.8, 4) is 0 Å². The predicted molar refractivity (Wildman–Crippen MR) is 110 cm³/mol. The van der Waals surface area contributed by atoms with E-state index in [1.807, 2.05) is 6.08 Å². The lowest BCUT2D eigenvalue weighted by molar-refractivity contribution is -0.136. The number of alkyl halides is 3. The molecule has 0 saturated carbocycles. The molecule has 7 nitrogen and oxygen atoms in total. The minimum atomic E-state index is -4.15. The molecule has 3 aliphatic rings. The number of nitrogens with one attached hydrogen (secondary N) is 1. The highest BCUT2D eigenvalue weighted by molar-refractivity contribution is 7.85. The molecule has 0 spiro atoms. The minimum absolute atomic E-state index is 0.0598. The summed E-state index contributed by atoms with van der Waals surface area (Å²) < 4.78 is 56.6. The Balaban J connectivity index is 1.57. The molecule has 0 aliphatic carbocycles. The van der Waals surface area contributed by atoms with Crippen LogP contribution in [0.2, 0.25) is 0 Å². The van der Waals surface area contributed by atoms with E-state index >= 15 is 0 Å². The first-order valence-corrected chi connectivity index (χ1v) is 11.9. The summed E-state index contributed by atoms with van der Waals surface area (Å²) in [6.07, 6.45) is 2.12. The maximum Gasteiger partial charge on any atom is 0.389 e. The molecule has 2 saturated heterocycles. The Bertz CT molecular complexity index is 715. The Morgan fingerprint density at radius 2 is 1.97 bits per heavy atom. The van der Waals surface area contributed by atoms with Crippen LogP contribution in [0, 0.1) is 11.8 Å². The number of ether oxygens (including phenoxy) is 1. The summed E-state index contributed by atoms with van der Waals surface area (Å²) in [5, 5.41) is 9.16. The van der Waals surface area contributed by atoms with Crippen LogP contribution in [0.1, 0.15) is 51.4 Å². The van der Waals surface area contributed by atoms with Gasteiger partial charge >= 0.3 is 6.18 Å². The van der Waals surface area contributed by atoms with Gasteiger partial charge in [-0.15, -0.1) is 0 Å². The maximum absolute atomic E-state index is 13.3. The molecule has 1 amide bonds. The number of piperidine rings is 1. The number of aliphatic imine (C=N–C) groups is 1. The molecule has 2 fully saturated rings. The molecule has 0 aromatic rings.